The molecule has 1 nitrogen and oxygen atoms in total. The first-order valence-electron chi connectivity index (χ1n) is 14.0. The van der Waals surface area contributed by atoms with Gasteiger partial charge in [-0.3, -0.25) is 0 Å². The summed E-state index contributed by atoms with van der Waals surface area (Å²) in [6.45, 7) is 20.5. The van der Waals surface area contributed by atoms with Gasteiger partial charge in [0, 0.05) is 5.41 Å². The van der Waals surface area contributed by atoms with Crippen molar-refractivity contribution in [3.8, 4) is 0 Å². The van der Waals surface area contributed by atoms with Gasteiger partial charge in [-0.2, -0.15) is 0 Å². The SMILES string of the molecule is C[C@@H]1[C@H]2[C@H]3CC[C@@H]4[C@@]5(C)C(O)C(Cl)CC(C)(C)[C@@H]5CC[C@@]4(C)[C@]3(C)CC[C@@]2(C)CC[C@H]1C. The van der Waals surface area contributed by atoms with Crippen LogP contribution in [0.5, 0.6) is 0 Å². The average molecular weight is 463 g/mol. The average Bonchev–Trinajstić information content (AvgIpc) is 2.70. The lowest BCUT2D eigenvalue weighted by Gasteiger charge is -2.74. The van der Waals surface area contributed by atoms with Crippen molar-refractivity contribution in [2.24, 2.45) is 62.6 Å². The summed E-state index contributed by atoms with van der Waals surface area (Å²) in [5.74, 6) is 4.61. The second kappa shape index (κ2) is 7.15. The number of hydrogen-bond acceptors (Lipinski definition) is 1. The zero-order valence-electron chi connectivity index (χ0n) is 22.3. The van der Waals surface area contributed by atoms with E-state index >= 15 is 0 Å². The van der Waals surface area contributed by atoms with E-state index < -0.39 is 0 Å². The zero-order chi connectivity index (χ0) is 23.5. The Morgan fingerprint density at radius 3 is 2.12 bits per heavy atom. The van der Waals surface area contributed by atoms with Crippen molar-refractivity contribution in [3.63, 3.8) is 0 Å². The number of alkyl halides is 1. The van der Waals surface area contributed by atoms with Gasteiger partial charge in [0.25, 0.3) is 0 Å². The molecule has 5 rings (SSSR count). The van der Waals surface area contributed by atoms with E-state index in [0.29, 0.717) is 28.1 Å². The third kappa shape index (κ3) is 2.79. The largest absolute Gasteiger partial charge is 0.391 e. The van der Waals surface area contributed by atoms with Gasteiger partial charge in [0.1, 0.15) is 0 Å². The van der Waals surface area contributed by atoms with E-state index in [9.17, 15) is 5.11 Å². The minimum absolute atomic E-state index is 0.0542. The molecule has 5 fully saturated rings. The molecule has 1 N–H and O–H groups in total. The highest BCUT2D eigenvalue weighted by Crippen LogP contribution is 2.77. The van der Waals surface area contributed by atoms with Crippen LogP contribution in [0.2, 0.25) is 0 Å². The summed E-state index contributed by atoms with van der Waals surface area (Å²) in [5, 5.41) is 11.6. The van der Waals surface area contributed by atoms with E-state index in [1.54, 1.807) is 0 Å². The van der Waals surface area contributed by atoms with Crippen LogP contribution in [0.4, 0.5) is 0 Å². The molecule has 0 bridgehead atoms. The minimum Gasteiger partial charge on any atom is -0.391 e. The van der Waals surface area contributed by atoms with Gasteiger partial charge >= 0.3 is 0 Å². The van der Waals surface area contributed by atoms with E-state index in [1.807, 2.05) is 0 Å². The van der Waals surface area contributed by atoms with Crippen molar-refractivity contribution in [1.29, 1.82) is 0 Å². The third-order valence-electron chi connectivity index (χ3n) is 13.8. The van der Waals surface area contributed by atoms with Gasteiger partial charge in [0.05, 0.1) is 11.5 Å². The molecular formula is C30H51ClO. The van der Waals surface area contributed by atoms with Crippen molar-refractivity contribution in [1.82, 2.24) is 0 Å². The molecule has 0 aromatic carbocycles. The third-order valence-corrected chi connectivity index (χ3v) is 14.2. The lowest BCUT2D eigenvalue weighted by molar-refractivity contribution is -0.266. The molecule has 5 saturated carbocycles. The molecule has 0 aromatic heterocycles. The number of fused-ring (bicyclic) bond motifs is 7. The minimum atomic E-state index is -0.366. The van der Waals surface area contributed by atoms with Crippen LogP contribution in [-0.2, 0) is 0 Å². The summed E-state index contributed by atoms with van der Waals surface area (Å²) in [6.07, 6.45) is 11.6. The number of hydrogen-bond donors (Lipinski definition) is 1. The normalized spacial score (nSPS) is 61.7. The van der Waals surface area contributed by atoms with Crippen LogP contribution in [0.3, 0.4) is 0 Å². The molecule has 5 aliphatic rings. The van der Waals surface area contributed by atoms with Gasteiger partial charge in [-0.1, -0.05) is 55.4 Å². The maximum Gasteiger partial charge on any atom is 0.0763 e. The highest BCUT2D eigenvalue weighted by atomic mass is 35.5. The molecule has 12 atom stereocenters. The van der Waals surface area contributed by atoms with Crippen molar-refractivity contribution in [3.05, 3.63) is 0 Å². The zero-order valence-corrected chi connectivity index (χ0v) is 23.1. The molecule has 184 valence electrons. The van der Waals surface area contributed by atoms with Crippen molar-refractivity contribution < 1.29 is 5.11 Å². The van der Waals surface area contributed by atoms with Crippen LogP contribution < -0.4 is 0 Å². The molecule has 0 saturated heterocycles. The lowest BCUT2D eigenvalue weighted by atomic mass is 9.31. The van der Waals surface area contributed by atoms with Crippen molar-refractivity contribution >= 4 is 11.6 Å². The Kier molecular flexibility index (Phi) is 5.35. The number of halogens is 1. The Hall–Kier alpha value is 0.250. The molecule has 0 amide bonds. The molecule has 0 aliphatic heterocycles. The van der Waals surface area contributed by atoms with Gasteiger partial charge in [-0.25, -0.2) is 0 Å². The fraction of sp³-hybridized carbons (Fsp3) is 1.00. The lowest BCUT2D eigenvalue weighted by Crippen LogP contribution is -2.70. The predicted octanol–water partition coefficient (Wildman–Crippen LogP) is 8.32. The van der Waals surface area contributed by atoms with E-state index in [-0.39, 0.29) is 22.3 Å². The summed E-state index contributed by atoms with van der Waals surface area (Å²) in [4.78, 5) is 0. The molecular weight excluding hydrogens is 412 g/mol. The van der Waals surface area contributed by atoms with Crippen molar-refractivity contribution in [2.45, 2.75) is 125 Å². The molecule has 32 heavy (non-hydrogen) atoms. The van der Waals surface area contributed by atoms with E-state index in [1.165, 1.54) is 51.4 Å². The summed E-state index contributed by atoms with van der Waals surface area (Å²) < 4.78 is 0. The van der Waals surface area contributed by atoms with Gasteiger partial charge in [-0.15, -0.1) is 11.6 Å². The first kappa shape index (κ1) is 24.0. The summed E-state index contributed by atoms with van der Waals surface area (Å²) in [5.41, 5.74) is 1.42. The van der Waals surface area contributed by atoms with Crippen LogP contribution in [0, 0.1) is 62.6 Å². The first-order valence-corrected chi connectivity index (χ1v) is 14.5. The molecule has 2 unspecified atom stereocenters. The molecule has 2 heteroatoms. The van der Waals surface area contributed by atoms with Crippen LogP contribution in [0.1, 0.15) is 113 Å². The Bertz CT molecular complexity index is 762. The quantitative estimate of drug-likeness (QED) is 0.358. The molecule has 0 radical (unpaired) electrons. The van der Waals surface area contributed by atoms with E-state index in [0.717, 1.165) is 30.1 Å². The Morgan fingerprint density at radius 1 is 0.750 bits per heavy atom. The Labute approximate surface area is 203 Å². The van der Waals surface area contributed by atoms with Crippen LogP contribution in [-0.4, -0.2) is 16.6 Å². The molecule has 0 heterocycles. The summed E-state index contributed by atoms with van der Waals surface area (Å²) in [6, 6.07) is 0. The predicted molar refractivity (Wildman–Crippen MR) is 136 cm³/mol. The fourth-order valence-corrected chi connectivity index (χ4v) is 12.4. The number of aliphatic hydroxyl groups is 1. The van der Waals surface area contributed by atoms with Gasteiger partial charge in [-0.05, 0) is 115 Å². The Balaban J connectivity index is 1.57. The van der Waals surface area contributed by atoms with Gasteiger partial charge < -0.3 is 5.11 Å². The Morgan fingerprint density at radius 2 is 1.44 bits per heavy atom. The van der Waals surface area contributed by atoms with Crippen LogP contribution in [0.15, 0.2) is 0 Å². The maximum absolute atomic E-state index is 11.7. The van der Waals surface area contributed by atoms with Crippen LogP contribution >= 0.6 is 11.6 Å². The van der Waals surface area contributed by atoms with Gasteiger partial charge in [0.15, 0.2) is 0 Å². The van der Waals surface area contributed by atoms with Crippen molar-refractivity contribution in [2.75, 3.05) is 0 Å². The highest BCUT2D eigenvalue weighted by molar-refractivity contribution is 6.21. The first-order chi connectivity index (χ1) is 14.7. The topological polar surface area (TPSA) is 20.2 Å². The van der Waals surface area contributed by atoms with E-state index in [2.05, 4.69) is 55.4 Å². The fourth-order valence-electron chi connectivity index (χ4n) is 11.8. The molecule has 5 aliphatic carbocycles. The molecule has 0 spiro atoms. The van der Waals surface area contributed by atoms with E-state index in [4.69, 9.17) is 11.6 Å². The highest BCUT2D eigenvalue weighted by Gasteiger charge is 2.71. The van der Waals surface area contributed by atoms with Gasteiger partial charge in [0.2, 0.25) is 0 Å². The number of rotatable bonds is 0. The summed E-state index contributed by atoms with van der Waals surface area (Å²) in [7, 11) is 0. The monoisotopic (exact) mass is 462 g/mol. The number of aliphatic hydroxyl groups excluding tert-OH is 1. The summed E-state index contributed by atoms with van der Waals surface area (Å²) >= 11 is 6.90. The maximum atomic E-state index is 11.7. The van der Waals surface area contributed by atoms with Crippen LogP contribution in [0.25, 0.3) is 0 Å². The second-order valence-electron chi connectivity index (χ2n) is 15.2. The smallest absolute Gasteiger partial charge is 0.0763 e. The standard InChI is InChI=1S/C30H51ClO/c1-18-11-13-27(5)15-16-28(6)20(24(27)19(18)2)9-10-23-29(28,7)14-12-22-26(3,4)17-21(31)25(32)30(22,23)8/h18-25,32H,9-17H2,1-8H3/t18-,19+,20-,21?,22+,23+,24+,25?,27-,28-,29-,30+/m1/s1. The second-order valence-corrected chi connectivity index (χ2v) is 15.8. The molecule has 0 aromatic rings.